The van der Waals surface area contributed by atoms with E-state index in [0.717, 1.165) is 19.4 Å². The number of hydrogen-bond donors (Lipinski definition) is 2. The summed E-state index contributed by atoms with van der Waals surface area (Å²) < 4.78 is 0. The van der Waals surface area contributed by atoms with Crippen LogP contribution in [0.2, 0.25) is 0 Å². The van der Waals surface area contributed by atoms with Crippen LogP contribution in [0.25, 0.3) is 0 Å². The van der Waals surface area contributed by atoms with Crippen LogP contribution in [0.15, 0.2) is 12.4 Å². The molecule has 0 bridgehead atoms. The summed E-state index contributed by atoms with van der Waals surface area (Å²) in [7, 11) is 0. The molecular weight excluding hydrogens is 206 g/mol. The first-order valence-corrected chi connectivity index (χ1v) is 5.24. The van der Waals surface area contributed by atoms with Gasteiger partial charge in [-0.15, -0.1) is 0 Å². The highest BCUT2D eigenvalue weighted by Crippen LogP contribution is 2.12. The number of primary amides is 1. The average Bonchev–Trinajstić information content (AvgIpc) is 2.23. The Kier molecular flexibility index (Phi) is 4.50. The summed E-state index contributed by atoms with van der Waals surface area (Å²) >= 11 is 0. The number of carbonyl (C=O) groups is 1. The zero-order chi connectivity index (χ0) is 12.0. The van der Waals surface area contributed by atoms with Crippen molar-refractivity contribution in [3.05, 3.63) is 12.4 Å². The zero-order valence-electron chi connectivity index (χ0n) is 9.39. The van der Waals surface area contributed by atoms with Gasteiger partial charge < -0.3 is 16.4 Å². The molecule has 0 spiro atoms. The second-order valence-electron chi connectivity index (χ2n) is 3.54. The molecule has 0 radical (unpaired) electrons. The Hall–Kier alpha value is -1.85. The van der Waals surface area contributed by atoms with Crippen molar-refractivity contribution >= 4 is 17.5 Å². The van der Waals surface area contributed by atoms with E-state index in [9.17, 15) is 4.79 Å². The first kappa shape index (κ1) is 12.2. The molecule has 0 saturated heterocycles. The molecule has 88 valence electrons. The van der Waals surface area contributed by atoms with Gasteiger partial charge in [-0.1, -0.05) is 13.3 Å². The molecule has 6 nitrogen and oxygen atoms in total. The molecule has 0 aromatic carbocycles. The number of unbranched alkanes of at least 4 members (excludes halogenated alkanes) is 1. The van der Waals surface area contributed by atoms with Crippen molar-refractivity contribution in [3.8, 4) is 0 Å². The van der Waals surface area contributed by atoms with Crippen LogP contribution in [-0.2, 0) is 4.79 Å². The van der Waals surface area contributed by atoms with Crippen LogP contribution < -0.4 is 16.4 Å². The Balaban J connectivity index is 2.78. The van der Waals surface area contributed by atoms with E-state index in [1.54, 1.807) is 6.07 Å². The minimum atomic E-state index is -0.381. The van der Waals surface area contributed by atoms with Gasteiger partial charge in [0.05, 0.1) is 6.54 Å². The highest BCUT2D eigenvalue weighted by molar-refractivity contribution is 5.79. The maximum absolute atomic E-state index is 10.9. The molecule has 0 saturated carbocycles. The topological polar surface area (TPSA) is 98.1 Å². The lowest BCUT2D eigenvalue weighted by molar-refractivity contribution is -0.116. The van der Waals surface area contributed by atoms with E-state index in [1.807, 2.05) is 4.90 Å². The quantitative estimate of drug-likeness (QED) is 0.715. The fourth-order valence-electron chi connectivity index (χ4n) is 1.35. The van der Waals surface area contributed by atoms with E-state index in [1.165, 1.54) is 6.33 Å². The first-order valence-electron chi connectivity index (χ1n) is 5.24. The maximum Gasteiger partial charge on any atom is 0.236 e. The van der Waals surface area contributed by atoms with Gasteiger partial charge in [0, 0.05) is 12.6 Å². The zero-order valence-corrected chi connectivity index (χ0v) is 9.39. The lowest BCUT2D eigenvalue weighted by Gasteiger charge is -2.21. The summed E-state index contributed by atoms with van der Waals surface area (Å²) in [5.74, 6) is 0.643. The predicted molar refractivity (Wildman–Crippen MR) is 62.8 cm³/mol. The monoisotopic (exact) mass is 223 g/mol. The molecule has 1 aromatic heterocycles. The molecule has 1 heterocycles. The average molecular weight is 223 g/mol. The van der Waals surface area contributed by atoms with Crippen LogP contribution in [0.4, 0.5) is 11.6 Å². The lowest BCUT2D eigenvalue weighted by atomic mass is 10.3. The second-order valence-corrected chi connectivity index (χ2v) is 3.54. The van der Waals surface area contributed by atoms with Crippen molar-refractivity contribution in [2.45, 2.75) is 19.8 Å². The third kappa shape index (κ3) is 3.72. The minimum Gasteiger partial charge on any atom is -0.384 e. The van der Waals surface area contributed by atoms with Crippen molar-refractivity contribution in [3.63, 3.8) is 0 Å². The van der Waals surface area contributed by atoms with Crippen molar-refractivity contribution in [1.82, 2.24) is 9.97 Å². The molecule has 1 aromatic rings. The first-order chi connectivity index (χ1) is 7.63. The van der Waals surface area contributed by atoms with Crippen LogP contribution in [0.5, 0.6) is 0 Å². The molecule has 0 aliphatic heterocycles. The number of carbonyl (C=O) groups excluding carboxylic acids is 1. The summed E-state index contributed by atoms with van der Waals surface area (Å²) in [6.07, 6.45) is 3.39. The molecular formula is C10H17N5O. The molecule has 16 heavy (non-hydrogen) atoms. The fraction of sp³-hybridized carbons (Fsp3) is 0.500. The van der Waals surface area contributed by atoms with Crippen LogP contribution >= 0.6 is 0 Å². The van der Waals surface area contributed by atoms with Gasteiger partial charge in [-0.25, -0.2) is 9.97 Å². The smallest absolute Gasteiger partial charge is 0.236 e. The molecule has 1 amide bonds. The number of amides is 1. The number of anilines is 2. The Morgan fingerprint density at radius 3 is 2.81 bits per heavy atom. The van der Waals surface area contributed by atoms with Crippen molar-refractivity contribution < 1.29 is 4.79 Å². The van der Waals surface area contributed by atoms with E-state index < -0.39 is 0 Å². The standard InChI is InChI=1S/C10H17N5O/c1-2-3-4-15(6-9(12)16)10-5-8(11)13-7-14-10/h5,7H,2-4,6H2,1H3,(H2,12,16)(H2,11,13,14). The van der Waals surface area contributed by atoms with Crippen LogP contribution in [0.3, 0.4) is 0 Å². The van der Waals surface area contributed by atoms with Gasteiger partial charge in [-0.2, -0.15) is 0 Å². The van der Waals surface area contributed by atoms with E-state index in [-0.39, 0.29) is 12.5 Å². The predicted octanol–water partition coefficient (Wildman–Crippen LogP) is 0.151. The Labute approximate surface area is 94.7 Å². The van der Waals surface area contributed by atoms with E-state index in [4.69, 9.17) is 11.5 Å². The lowest BCUT2D eigenvalue weighted by Crippen LogP contribution is -2.35. The van der Waals surface area contributed by atoms with E-state index >= 15 is 0 Å². The van der Waals surface area contributed by atoms with Gasteiger partial charge in [0.1, 0.15) is 18.0 Å². The van der Waals surface area contributed by atoms with Crippen LogP contribution in [-0.4, -0.2) is 29.0 Å². The summed E-state index contributed by atoms with van der Waals surface area (Å²) in [5, 5.41) is 0. The van der Waals surface area contributed by atoms with Crippen LogP contribution in [0, 0.1) is 0 Å². The summed E-state index contributed by atoms with van der Waals surface area (Å²) in [5.41, 5.74) is 10.7. The molecule has 4 N–H and O–H groups in total. The Bertz CT molecular complexity index is 355. The second kappa shape index (κ2) is 5.89. The molecule has 1 rings (SSSR count). The molecule has 0 unspecified atom stereocenters. The SMILES string of the molecule is CCCCN(CC(N)=O)c1cc(N)ncn1. The van der Waals surface area contributed by atoms with Gasteiger partial charge in [0.15, 0.2) is 0 Å². The highest BCUT2D eigenvalue weighted by Gasteiger charge is 2.10. The Morgan fingerprint density at radius 1 is 1.50 bits per heavy atom. The summed E-state index contributed by atoms with van der Waals surface area (Å²) in [6, 6.07) is 1.64. The molecule has 0 fully saturated rings. The summed E-state index contributed by atoms with van der Waals surface area (Å²) in [6.45, 7) is 2.96. The fourth-order valence-corrected chi connectivity index (χ4v) is 1.35. The number of hydrogen-bond acceptors (Lipinski definition) is 5. The van der Waals surface area contributed by atoms with Gasteiger partial charge in [0.2, 0.25) is 5.91 Å². The van der Waals surface area contributed by atoms with Crippen molar-refractivity contribution in [2.75, 3.05) is 23.7 Å². The summed E-state index contributed by atoms with van der Waals surface area (Å²) in [4.78, 5) is 20.6. The number of rotatable bonds is 6. The molecule has 0 aliphatic carbocycles. The van der Waals surface area contributed by atoms with Gasteiger partial charge in [-0.05, 0) is 6.42 Å². The van der Waals surface area contributed by atoms with Gasteiger partial charge >= 0.3 is 0 Å². The van der Waals surface area contributed by atoms with Crippen molar-refractivity contribution in [2.24, 2.45) is 5.73 Å². The third-order valence-electron chi connectivity index (χ3n) is 2.13. The number of nitrogen functional groups attached to an aromatic ring is 1. The molecule has 0 atom stereocenters. The number of aromatic nitrogens is 2. The minimum absolute atomic E-state index is 0.149. The maximum atomic E-state index is 10.9. The van der Waals surface area contributed by atoms with Gasteiger partial charge in [-0.3, -0.25) is 4.79 Å². The third-order valence-corrected chi connectivity index (χ3v) is 2.13. The van der Waals surface area contributed by atoms with E-state index in [2.05, 4.69) is 16.9 Å². The number of nitrogens with two attached hydrogens (primary N) is 2. The van der Waals surface area contributed by atoms with Gasteiger partial charge in [0.25, 0.3) is 0 Å². The van der Waals surface area contributed by atoms with Crippen molar-refractivity contribution in [1.29, 1.82) is 0 Å². The van der Waals surface area contributed by atoms with Crippen LogP contribution in [0.1, 0.15) is 19.8 Å². The molecule has 0 aliphatic rings. The highest BCUT2D eigenvalue weighted by atomic mass is 16.1. The normalized spacial score (nSPS) is 10.1. The largest absolute Gasteiger partial charge is 0.384 e. The Morgan fingerprint density at radius 2 is 2.25 bits per heavy atom. The van der Waals surface area contributed by atoms with E-state index in [0.29, 0.717) is 11.6 Å². The number of nitrogens with zero attached hydrogens (tertiary/aromatic N) is 3. The molecule has 6 heteroatoms.